The first-order valence-electron chi connectivity index (χ1n) is 9.08. The van der Waals surface area contributed by atoms with Gasteiger partial charge in [0.15, 0.2) is 0 Å². The summed E-state index contributed by atoms with van der Waals surface area (Å²) in [5.41, 5.74) is 2.22. The molecule has 1 aliphatic rings. The van der Waals surface area contributed by atoms with Gasteiger partial charge in [-0.1, -0.05) is 12.5 Å². The summed E-state index contributed by atoms with van der Waals surface area (Å²) in [6.45, 7) is 5.05. The number of anilines is 1. The van der Waals surface area contributed by atoms with Crippen molar-refractivity contribution >= 4 is 15.7 Å². The number of aryl methyl sites for hydroxylation is 2. The van der Waals surface area contributed by atoms with Crippen molar-refractivity contribution in [2.45, 2.75) is 50.8 Å². The molecule has 2 heterocycles. The highest BCUT2D eigenvalue weighted by molar-refractivity contribution is 7.92. The molecule has 9 heteroatoms. The normalized spacial score (nSPS) is 14.9. The van der Waals surface area contributed by atoms with Crippen LogP contribution in [0.3, 0.4) is 0 Å². The van der Waals surface area contributed by atoms with E-state index < -0.39 is 15.8 Å². The second-order valence-corrected chi connectivity index (χ2v) is 8.84. The minimum absolute atomic E-state index is 0.0922. The number of aromatic amines is 1. The van der Waals surface area contributed by atoms with E-state index in [0.717, 1.165) is 25.3 Å². The number of halogens is 1. The maximum atomic E-state index is 13.5. The summed E-state index contributed by atoms with van der Waals surface area (Å²) in [6, 6.07) is 3.97. The molecule has 1 saturated carbocycles. The molecule has 0 amide bonds. The van der Waals surface area contributed by atoms with E-state index in [0.29, 0.717) is 34.3 Å². The first-order valence-corrected chi connectivity index (χ1v) is 10.6. The van der Waals surface area contributed by atoms with Crippen molar-refractivity contribution in [3.05, 3.63) is 46.7 Å². The Labute approximate surface area is 162 Å². The smallest absolute Gasteiger partial charge is 0.264 e. The van der Waals surface area contributed by atoms with Gasteiger partial charge in [0.1, 0.15) is 16.4 Å². The number of benzene rings is 1. The van der Waals surface area contributed by atoms with Crippen molar-refractivity contribution in [3.8, 4) is 11.6 Å². The van der Waals surface area contributed by atoms with Crippen LogP contribution in [0.1, 0.15) is 47.9 Å². The molecule has 4 rings (SSSR count). The lowest BCUT2D eigenvalue weighted by molar-refractivity contribution is 0.338. The molecule has 7 nitrogen and oxygen atoms in total. The van der Waals surface area contributed by atoms with Gasteiger partial charge in [0.25, 0.3) is 15.9 Å². The minimum atomic E-state index is -3.94. The number of sulfonamides is 1. The van der Waals surface area contributed by atoms with E-state index in [9.17, 15) is 12.8 Å². The molecule has 0 saturated heterocycles. The van der Waals surface area contributed by atoms with Gasteiger partial charge in [-0.25, -0.2) is 12.8 Å². The van der Waals surface area contributed by atoms with Crippen LogP contribution in [-0.2, 0) is 10.0 Å². The number of nitrogens with zero attached hydrogens (tertiary/aromatic N) is 2. The summed E-state index contributed by atoms with van der Waals surface area (Å²) in [5, 5.41) is 8.19. The second-order valence-electron chi connectivity index (χ2n) is 7.22. The second kappa shape index (κ2) is 6.73. The summed E-state index contributed by atoms with van der Waals surface area (Å²) in [7, 11) is -3.94. The lowest BCUT2D eigenvalue weighted by atomic mass is 9.85. The van der Waals surface area contributed by atoms with E-state index >= 15 is 0 Å². The number of rotatable bonds is 5. The zero-order valence-electron chi connectivity index (χ0n) is 15.8. The van der Waals surface area contributed by atoms with E-state index in [1.807, 2.05) is 0 Å². The van der Waals surface area contributed by atoms with Gasteiger partial charge >= 0.3 is 0 Å². The summed E-state index contributed by atoms with van der Waals surface area (Å²) in [4.78, 5) is 3.14. The van der Waals surface area contributed by atoms with Crippen molar-refractivity contribution in [2.75, 3.05) is 4.72 Å². The lowest BCUT2D eigenvalue weighted by Gasteiger charge is -2.20. The average molecular weight is 404 g/mol. The molecular weight excluding hydrogens is 383 g/mol. The SMILES string of the molecule is Cc1ccc(F)cc1NS(=O)(=O)c1c(C)[nH]c(-c2nnc(C3CCC3)o2)c1C. The van der Waals surface area contributed by atoms with Gasteiger partial charge in [-0.15, -0.1) is 10.2 Å². The molecule has 0 aliphatic heterocycles. The first kappa shape index (κ1) is 18.7. The largest absolute Gasteiger partial charge is 0.419 e. The highest BCUT2D eigenvalue weighted by atomic mass is 32.2. The Hall–Kier alpha value is -2.68. The Morgan fingerprint density at radius 3 is 2.64 bits per heavy atom. The fraction of sp³-hybridized carbons (Fsp3) is 0.368. The van der Waals surface area contributed by atoms with Crippen LogP contribution in [0, 0.1) is 26.6 Å². The highest BCUT2D eigenvalue weighted by Gasteiger charge is 2.29. The average Bonchev–Trinajstić information content (AvgIpc) is 3.14. The monoisotopic (exact) mass is 404 g/mol. The summed E-state index contributed by atoms with van der Waals surface area (Å²) >= 11 is 0. The molecule has 1 aromatic carbocycles. The summed E-state index contributed by atoms with van der Waals surface area (Å²) in [5.74, 6) is 0.635. The van der Waals surface area contributed by atoms with Crippen LogP contribution in [0.5, 0.6) is 0 Å². The Morgan fingerprint density at radius 1 is 1.21 bits per heavy atom. The molecule has 0 bridgehead atoms. The van der Waals surface area contributed by atoms with Crippen molar-refractivity contribution in [2.24, 2.45) is 0 Å². The molecule has 28 heavy (non-hydrogen) atoms. The number of H-pyrrole nitrogens is 1. The maximum Gasteiger partial charge on any atom is 0.264 e. The van der Waals surface area contributed by atoms with Crippen LogP contribution in [0.25, 0.3) is 11.6 Å². The van der Waals surface area contributed by atoms with E-state index in [-0.39, 0.29) is 16.5 Å². The van der Waals surface area contributed by atoms with E-state index in [4.69, 9.17) is 4.42 Å². The Bertz CT molecular complexity index is 1150. The summed E-state index contributed by atoms with van der Waals surface area (Å²) in [6.07, 6.45) is 3.21. The van der Waals surface area contributed by atoms with Gasteiger partial charge in [-0.2, -0.15) is 0 Å². The van der Waals surface area contributed by atoms with Crippen LogP contribution in [0.2, 0.25) is 0 Å². The molecule has 2 N–H and O–H groups in total. The van der Waals surface area contributed by atoms with Crippen LogP contribution in [-0.4, -0.2) is 23.6 Å². The quantitative estimate of drug-likeness (QED) is 0.664. The number of hydrogen-bond acceptors (Lipinski definition) is 5. The number of nitrogens with one attached hydrogen (secondary N) is 2. The molecule has 0 radical (unpaired) electrons. The van der Waals surface area contributed by atoms with Crippen molar-refractivity contribution < 1.29 is 17.2 Å². The Morgan fingerprint density at radius 2 is 1.96 bits per heavy atom. The van der Waals surface area contributed by atoms with Crippen molar-refractivity contribution in [1.82, 2.24) is 15.2 Å². The molecule has 0 spiro atoms. The third kappa shape index (κ3) is 3.19. The zero-order chi connectivity index (χ0) is 20.1. The fourth-order valence-corrected chi connectivity index (χ4v) is 4.98. The number of hydrogen-bond donors (Lipinski definition) is 2. The molecule has 0 atom stereocenters. The van der Waals surface area contributed by atoms with Crippen LogP contribution in [0.4, 0.5) is 10.1 Å². The Kier molecular flexibility index (Phi) is 4.49. The third-order valence-electron chi connectivity index (χ3n) is 5.19. The fourth-order valence-electron chi connectivity index (χ4n) is 3.41. The van der Waals surface area contributed by atoms with Gasteiger partial charge in [-0.05, 0) is 51.3 Å². The van der Waals surface area contributed by atoms with E-state index in [2.05, 4.69) is 19.9 Å². The molecule has 1 fully saturated rings. The summed E-state index contributed by atoms with van der Waals surface area (Å²) < 4.78 is 47.8. The van der Waals surface area contributed by atoms with Crippen molar-refractivity contribution in [3.63, 3.8) is 0 Å². The van der Waals surface area contributed by atoms with Gasteiger partial charge in [-0.3, -0.25) is 4.72 Å². The highest BCUT2D eigenvalue weighted by Crippen LogP contribution is 2.37. The zero-order valence-corrected chi connectivity index (χ0v) is 16.7. The van der Waals surface area contributed by atoms with Crippen LogP contribution < -0.4 is 4.72 Å². The first-order chi connectivity index (χ1) is 13.3. The third-order valence-corrected chi connectivity index (χ3v) is 6.83. The minimum Gasteiger partial charge on any atom is -0.419 e. The molecular formula is C19H21FN4O3S. The molecule has 0 unspecified atom stereocenters. The molecule has 3 aromatic rings. The Balaban J connectivity index is 1.70. The molecule has 148 valence electrons. The predicted octanol–water partition coefficient (Wildman–Crippen LogP) is 4.20. The van der Waals surface area contributed by atoms with E-state index in [1.54, 1.807) is 20.8 Å². The standard InChI is InChI=1S/C19H21FN4O3S/c1-10-7-8-14(20)9-15(10)24-28(25,26)17-11(2)16(21-12(17)3)19-23-22-18(27-19)13-5-4-6-13/h7-9,13,21,24H,4-6H2,1-3H3. The van der Waals surface area contributed by atoms with E-state index in [1.165, 1.54) is 12.1 Å². The van der Waals surface area contributed by atoms with Gasteiger partial charge < -0.3 is 9.40 Å². The number of aromatic nitrogens is 3. The van der Waals surface area contributed by atoms with Gasteiger partial charge in [0, 0.05) is 17.2 Å². The van der Waals surface area contributed by atoms with Crippen LogP contribution in [0.15, 0.2) is 27.5 Å². The molecule has 1 aliphatic carbocycles. The molecule has 2 aromatic heterocycles. The predicted molar refractivity (Wildman–Crippen MR) is 102 cm³/mol. The maximum absolute atomic E-state index is 13.5. The van der Waals surface area contributed by atoms with Gasteiger partial charge in [0.05, 0.1) is 5.69 Å². The van der Waals surface area contributed by atoms with Gasteiger partial charge in [0.2, 0.25) is 5.89 Å². The van der Waals surface area contributed by atoms with Crippen LogP contribution >= 0.6 is 0 Å². The topological polar surface area (TPSA) is 101 Å². The van der Waals surface area contributed by atoms with Crippen molar-refractivity contribution in [1.29, 1.82) is 0 Å². The lowest BCUT2D eigenvalue weighted by Crippen LogP contribution is -2.15.